The molecule has 1 aliphatic heterocycles. The molecule has 146 valence electrons. The normalized spacial score (nSPS) is 19.8. The molecule has 0 spiro atoms. The van der Waals surface area contributed by atoms with Crippen molar-refractivity contribution in [2.75, 3.05) is 37.0 Å². The monoisotopic (exact) mass is 381 g/mol. The molecule has 1 saturated carbocycles. The molecule has 0 aromatic carbocycles. The predicted octanol–water partition coefficient (Wildman–Crippen LogP) is 2.46. The number of carbonyl (C=O) groups excluding carboxylic acids is 1. The Balaban J connectivity index is 1.51. The van der Waals surface area contributed by atoms with Crippen molar-refractivity contribution in [1.82, 2.24) is 20.1 Å². The maximum atomic E-state index is 12.4. The van der Waals surface area contributed by atoms with Crippen LogP contribution < -0.4 is 10.2 Å². The lowest BCUT2D eigenvalue weighted by atomic mass is 9.97. The zero-order valence-corrected chi connectivity index (χ0v) is 16.6. The minimum absolute atomic E-state index is 0.110. The number of thioether (sulfide) groups is 1. The number of nitrogens with one attached hydrogen (secondary N) is 1. The molecule has 1 aromatic rings. The number of anilines is 1. The molecule has 7 nitrogen and oxygen atoms in total. The van der Waals surface area contributed by atoms with E-state index < -0.39 is 0 Å². The third-order valence-corrected chi connectivity index (χ3v) is 6.08. The summed E-state index contributed by atoms with van der Waals surface area (Å²) >= 11 is 1.48. The van der Waals surface area contributed by atoms with Crippen LogP contribution in [0.2, 0.25) is 0 Å². The number of hydrogen-bond donors (Lipinski definition) is 1. The van der Waals surface area contributed by atoms with Crippen LogP contribution in [0.4, 0.5) is 5.95 Å². The van der Waals surface area contributed by atoms with Gasteiger partial charge in [-0.1, -0.05) is 43.9 Å². The van der Waals surface area contributed by atoms with Gasteiger partial charge in [-0.2, -0.15) is 0 Å². The largest absolute Gasteiger partial charge is 0.378 e. The Morgan fingerprint density at radius 3 is 2.54 bits per heavy atom. The molecule has 1 aromatic heterocycles. The number of morpholine rings is 1. The highest BCUT2D eigenvalue weighted by molar-refractivity contribution is 7.99. The zero-order valence-electron chi connectivity index (χ0n) is 15.8. The van der Waals surface area contributed by atoms with E-state index in [4.69, 9.17) is 4.74 Å². The molecule has 0 bridgehead atoms. The van der Waals surface area contributed by atoms with Gasteiger partial charge in [-0.15, -0.1) is 10.2 Å². The minimum atomic E-state index is 0.110. The Labute approximate surface area is 160 Å². The number of hydrogen-bond acceptors (Lipinski definition) is 6. The lowest BCUT2D eigenvalue weighted by Crippen LogP contribution is -2.38. The van der Waals surface area contributed by atoms with Gasteiger partial charge in [0.05, 0.1) is 19.0 Å². The van der Waals surface area contributed by atoms with Gasteiger partial charge < -0.3 is 15.0 Å². The van der Waals surface area contributed by atoms with Crippen molar-refractivity contribution in [3.8, 4) is 0 Å². The summed E-state index contributed by atoms with van der Waals surface area (Å²) in [5.74, 6) is 1.40. The summed E-state index contributed by atoms with van der Waals surface area (Å²) in [5.41, 5.74) is 0. The van der Waals surface area contributed by atoms with Crippen molar-refractivity contribution < 1.29 is 9.53 Å². The molecule has 2 aliphatic rings. The van der Waals surface area contributed by atoms with Crippen LogP contribution in [-0.4, -0.2) is 58.8 Å². The highest BCUT2D eigenvalue weighted by Gasteiger charge is 2.21. The number of nitrogens with zero attached hydrogens (tertiary/aromatic N) is 4. The lowest BCUT2D eigenvalue weighted by Gasteiger charge is -2.27. The Hall–Kier alpha value is -1.28. The SMILES string of the molecule is CCn1c(SCC(=O)NC2CCCCCCC2)nnc1N1CCOCC1. The number of amides is 1. The van der Waals surface area contributed by atoms with Crippen molar-refractivity contribution in [2.45, 2.75) is 69.6 Å². The van der Waals surface area contributed by atoms with Crippen LogP contribution in [0.25, 0.3) is 0 Å². The quantitative estimate of drug-likeness (QED) is 0.763. The van der Waals surface area contributed by atoms with E-state index in [0.29, 0.717) is 11.8 Å². The van der Waals surface area contributed by atoms with Crippen LogP contribution in [-0.2, 0) is 16.1 Å². The van der Waals surface area contributed by atoms with Gasteiger partial charge in [0.2, 0.25) is 11.9 Å². The van der Waals surface area contributed by atoms with Gasteiger partial charge in [0.1, 0.15) is 0 Å². The Bertz CT molecular complexity index is 566. The van der Waals surface area contributed by atoms with Crippen LogP contribution in [0.1, 0.15) is 51.9 Å². The van der Waals surface area contributed by atoms with Crippen molar-refractivity contribution in [3.63, 3.8) is 0 Å². The summed E-state index contributed by atoms with van der Waals surface area (Å²) in [7, 11) is 0. The summed E-state index contributed by atoms with van der Waals surface area (Å²) in [4.78, 5) is 14.6. The molecule has 1 N–H and O–H groups in total. The van der Waals surface area contributed by atoms with Crippen molar-refractivity contribution in [2.24, 2.45) is 0 Å². The number of rotatable bonds is 6. The molecule has 2 heterocycles. The van der Waals surface area contributed by atoms with Gasteiger partial charge in [0.15, 0.2) is 5.16 Å². The second kappa shape index (κ2) is 10.2. The average molecular weight is 382 g/mol. The molecule has 1 amide bonds. The summed E-state index contributed by atoms with van der Waals surface area (Å²) in [6.07, 6.45) is 8.62. The van der Waals surface area contributed by atoms with E-state index in [1.54, 1.807) is 0 Å². The van der Waals surface area contributed by atoms with Gasteiger partial charge in [-0.05, 0) is 19.8 Å². The fourth-order valence-electron chi connectivity index (χ4n) is 3.66. The molecule has 3 rings (SSSR count). The highest BCUT2D eigenvalue weighted by Crippen LogP contribution is 2.23. The van der Waals surface area contributed by atoms with Gasteiger partial charge in [-0.25, -0.2) is 0 Å². The maximum absolute atomic E-state index is 12.4. The molecule has 1 aliphatic carbocycles. The summed E-state index contributed by atoms with van der Waals surface area (Å²) in [5, 5.41) is 12.7. The first kappa shape index (κ1) is 19.5. The van der Waals surface area contributed by atoms with Crippen molar-refractivity contribution in [3.05, 3.63) is 0 Å². The second-order valence-corrected chi connectivity index (χ2v) is 7.97. The Morgan fingerprint density at radius 1 is 1.15 bits per heavy atom. The molecule has 0 unspecified atom stereocenters. The van der Waals surface area contributed by atoms with Gasteiger partial charge in [0.25, 0.3) is 0 Å². The van der Waals surface area contributed by atoms with E-state index in [2.05, 4.69) is 31.9 Å². The molecule has 0 atom stereocenters. The van der Waals surface area contributed by atoms with Gasteiger partial charge >= 0.3 is 0 Å². The zero-order chi connectivity index (χ0) is 18.2. The van der Waals surface area contributed by atoms with E-state index in [0.717, 1.165) is 56.8 Å². The van der Waals surface area contributed by atoms with Gasteiger partial charge in [0, 0.05) is 25.7 Å². The van der Waals surface area contributed by atoms with Crippen LogP contribution in [0.3, 0.4) is 0 Å². The molecule has 1 saturated heterocycles. The smallest absolute Gasteiger partial charge is 0.230 e. The molecule has 0 radical (unpaired) electrons. The van der Waals surface area contributed by atoms with E-state index in [1.165, 1.54) is 43.9 Å². The second-order valence-electron chi connectivity index (χ2n) is 7.02. The number of ether oxygens (including phenoxy) is 1. The van der Waals surface area contributed by atoms with Crippen LogP contribution >= 0.6 is 11.8 Å². The third kappa shape index (κ3) is 5.36. The fraction of sp³-hybridized carbons (Fsp3) is 0.833. The highest BCUT2D eigenvalue weighted by atomic mass is 32.2. The molecular formula is C18H31N5O2S. The minimum Gasteiger partial charge on any atom is -0.378 e. The van der Waals surface area contributed by atoms with Gasteiger partial charge in [-0.3, -0.25) is 9.36 Å². The molecule has 8 heteroatoms. The van der Waals surface area contributed by atoms with E-state index in [-0.39, 0.29) is 5.91 Å². The number of aromatic nitrogens is 3. The first-order chi connectivity index (χ1) is 12.8. The summed E-state index contributed by atoms with van der Waals surface area (Å²) in [6, 6.07) is 0.344. The molecular weight excluding hydrogens is 350 g/mol. The Morgan fingerprint density at radius 2 is 1.85 bits per heavy atom. The van der Waals surface area contributed by atoms with Crippen LogP contribution in [0.5, 0.6) is 0 Å². The first-order valence-electron chi connectivity index (χ1n) is 9.96. The Kier molecular flexibility index (Phi) is 7.61. The van der Waals surface area contributed by atoms with Crippen LogP contribution in [0.15, 0.2) is 5.16 Å². The topological polar surface area (TPSA) is 72.3 Å². The van der Waals surface area contributed by atoms with Crippen molar-refractivity contribution >= 4 is 23.6 Å². The van der Waals surface area contributed by atoms with E-state index in [1.807, 2.05) is 0 Å². The van der Waals surface area contributed by atoms with E-state index in [9.17, 15) is 4.79 Å². The first-order valence-corrected chi connectivity index (χ1v) is 10.9. The third-order valence-electron chi connectivity index (χ3n) is 5.11. The fourth-order valence-corrected chi connectivity index (χ4v) is 4.47. The van der Waals surface area contributed by atoms with Crippen molar-refractivity contribution in [1.29, 1.82) is 0 Å². The molecule has 26 heavy (non-hydrogen) atoms. The summed E-state index contributed by atoms with van der Waals surface area (Å²) in [6.45, 7) is 6.01. The maximum Gasteiger partial charge on any atom is 0.230 e. The average Bonchev–Trinajstić information content (AvgIpc) is 3.06. The number of carbonyl (C=O) groups is 1. The lowest BCUT2D eigenvalue weighted by molar-refractivity contribution is -0.119. The predicted molar refractivity (Wildman–Crippen MR) is 104 cm³/mol. The summed E-state index contributed by atoms with van der Waals surface area (Å²) < 4.78 is 7.51. The standard InChI is InChI=1S/C18H31N5O2S/c1-2-23-17(22-10-12-25-13-11-22)20-21-18(23)26-14-16(24)19-15-8-6-4-3-5-7-9-15/h15H,2-14H2,1H3,(H,19,24). The van der Waals surface area contributed by atoms with E-state index >= 15 is 0 Å². The molecule has 2 fully saturated rings. The van der Waals surface area contributed by atoms with Crippen LogP contribution in [0, 0.1) is 0 Å².